The second kappa shape index (κ2) is 25.2. The van der Waals surface area contributed by atoms with E-state index in [-0.39, 0.29) is 24.5 Å². The standard InChI is InChI=1S/C29H53NO5/c1-3-5-7-9-10-11-12-14-20-24-29(34)35-26(21-17-13-8-6-4-2)22-18-15-16-19-23-27(31)30-25-28(32)33/h17,21,26H,3-16,18-20,22-25H2,1-2H3,(H,30,31)(H,32,33)/b21-17-. The van der Waals surface area contributed by atoms with E-state index in [1.165, 1.54) is 57.8 Å². The Morgan fingerprint density at radius 1 is 0.743 bits per heavy atom. The van der Waals surface area contributed by atoms with E-state index in [1.54, 1.807) is 0 Å². The van der Waals surface area contributed by atoms with Crippen molar-refractivity contribution in [2.75, 3.05) is 6.54 Å². The molecule has 0 aliphatic heterocycles. The molecule has 0 saturated heterocycles. The summed E-state index contributed by atoms with van der Waals surface area (Å²) in [6.07, 6.45) is 24.9. The molecular weight excluding hydrogens is 442 g/mol. The molecule has 35 heavy (non-hydrogen) atoms. The molecule has 0 spiro atoms. The molecule has 0 rings (SSSR count). The van der Waals surface area contributed by atoms with Gasteiger partial charge in [0.2, 0.25) is 5.91 Å². The van der Waals surface area contributed by atoms with E-state index in [0.29, 0.717) is 12.8 Å². The molecule has 1 amide bonds. The maximum atomic E-state index is 12.4. The number of allylic oxidation sites excluding steroid dienone is 1. The predicted molar refractivity (Wildman–Crippen MR) is 143 cm³/mol. The van der Waals surface area contributed by atoms with Crippen molar-refractivity contribution in [2.45, 2.75) is 148 Å². The number of carboxylic acids is 1. The van der Waals surface area contributed by atoms with Gasteiger partial charge in [-0.05, 0) is 44.6 Å². The van der Waals surface area contributed by atoms with Crippen LogP contribution in [0.1, 0.15) is 142 Å². The van der Waals surface area contributed by atoms with Crippen LogP contribution in [0.3, 0.4) is 0 Å². The van der Waals surface area contributed by atoms with Crippen molar-refractivity contribution in [3.8, 4) is 0 Å². The van der Waals surface area contributed by atoms with E-state index in [4.69, 9.17) is 9.84 Å². The van der Waals surface area contributed by atoms with Crippen LogP contribution in [0.4, 0.5) is 0 Å². The predicted octanol–water partition coefficient (Wildman–Crippen LogP) is 7.50. The fourth-order valence-electron chi connectivity index (χ4n) is 4.01. The second-order valence-corrected chi connectivity index (χ2v) is 9.65. The van der Waals surface area contributed by atoms with Gasteiger partial charge in [-0.15, -0.1) is 0 Å². The number of amides is 1. The molecule has 0 aliphatic carbocycles. The first-order chi connectivity index (χ1) is 17.0. The van der Waals surface area contributed by atoms with E-state index >= 15 is 0 Å². The second-order valence-electron chi connectivity index (χ2n) is 9.65. The van der Waals surface area contributed by atoms with Crippen molar-refractivity contribution < 1.29 is 24.2 Å². The molecule has 6 nitrogen and oxygen atoms in total. The number of carboxylic acid groups (broad SMARTS) is 1. The number of unbranched alkanes of at least 4 members (excludes halogenated alkanes) is 14. The van der Waals surface area contributed by atoms with Crippen LogP contribution in [0.15, 0.2) is 12.2 Å². The van der Waals surface area contributed by atoms with Gasteiger partial charge in [0.25, 0.3) is 0 Å². The number of hydrogen-bond donors (Lipinski definition) is 2. The lowest BCUT2D eigenvalue weighted by molar-refractivity contribution is -0.147. The Labute approximate surface area is 214 Å². The molecule has 204 valence electrons. The van der Waals surface area contributed by atoms with Crippen molar-refractivity contribution in [1.82, 2.24) is 5.32 Å². The molecule has 0 saturated carbocycles. The van der Waals surface area contributed by atoms with Crippen molar-refractivity contribution in [1.29, 1.82) is 0 Å². The summed E-state index contributed by atoms with van der Waals surface area (Å²) in [5.41, 5.74) is 0. The third-order valence-electron chi connectivity index (χ3n) is 6.17. The van der Waals surface area contributed by atoms with E-state index in [1.807, 2.05) is 0 Å². The smallest absolute Gasteiger partial charge is 0.322 e. The van der Waals surface area contributed by atoms with Crippen LogP contribution in [0.25, 0.3) is 0 Å². The van der Waals surface area contributed by atoms with Crippen molar-refractivity contribution in [3.63, 3.8) is 0 Å². The summed E-state index contributed by atoms with van der Waals surface area (Å²) < 4.78 is 5.78. The van der Waals surface area contributed by atoms with Gasteiger partial charge in [-0.2, -0.15) is 0 Å². The van der Waals surface area contributed by atoms with Gasteiger partial charge in [0.15, 0.2) is 0 Å². The monoisotopic (exact) mass is 495 g/mol. The zero-order chi connectivity index (χ0) is 26.0. The van der Waals surface area contributed by atoms with E-state index in [2.05, 4.69) is 31.3 Å². The summed E-state index contributed by atoms with van der Waals surface area (Å²) in [5, 5.41) is 11.0. The lowest BCUT2D eigenvalue weighted by atomic mass is 10.1. The van der Waals surface area contributed by atoms with E-state index in [0.717, 1.165) is 57.8 Å². The Bertz CT molecular complexity index is 561. The number of ether oxygens (including phenoxy) is 1. The summed E-state index contributed by atoms with van der Waals surface area (Å²) in [5.74, 6) is -1.34. The summed E-state index contributed by atoms with van der Waals surface area (Å²) in [6, 6.07) is 0. The van der Waals surface area contributed by atoms with Gasteiger partial charge in [0.1, 0.15) is 12.6 Å². The number of carbonyl (C=O) groups is 3. The van der Waals surface area contributed by atoms with Gasteiger partial charge >= 0.3 is 11.9 Å². The lowest BCUT2D eigenvalue weighted by Gasteiger charge is -2.15. The molecule has 0 heterocycles. The average Bonchev–Trinajstić information content (AvgIpc) is 2.83. The first kappa shape index (κ1) is 33.1. The highest BCUT2D eigenvalue weighted by Gasteiger charge is 2.11. The third-order valence-corrected chi connectivity index (χ3v) is 6.17. The van der Waals surface area contributed by atoms with Crippen LogP contribution in [-0.2, 0) is 19.1 Å². The fraction of sp³-hybridized carbons (Fsp3) is 0.828. The summed E-state index contributed by atoms with van der Waals surface area (Å²) in [4.78, 5) is 34.4. The lowest BCUT2D eigenvalue weighted by Crippen LogP contribution is -2.28. The summed E-state index contributed by atoms with van der Waals surface area (Å²) in [6.45, 7) is 4.11. The molecule has 0 aliphatic rings. The zero-order valence-corrected chi connectivity index (χ0v) is 22.7. The number of aliphatic carboxylic acids is 1. The number of hydrogen-bond acceptors (Lipinski definition) is 4. The first-order valence-electron chi connectivity index (χ1n) is 14.3. The maximum Gasteiger partial charge on any atom is 0.322 e. The Morgan fingerprint density at radius 3 is 1.91 bits per heavy atom. The molecule has 6 heteroatoms. The maximum absolute atomic E-state index is 12.4. The van der Waals surface area contributed by atoms with E-state index < -0.39 is 5.97 Å². The Balaban J connectivity index is 4.12. The van der Waals surface area contributed by atoms with E-state index in [9.17, 15) is 14.4 Å². The van der Waals surface area contributed by atoms with Gasteiger partial charge in [0.05, 0.1) is 0 Å². The van der Waals surface area contributed by atoms with Crippen molar-refractivity contribution >= 4 is 17.8 Å². The van der Waals surface area contributed by atoms with Crippen molar-refractivity contribution in [2.24, 2.45) is 0 Å². The highest BCUT2D eigenvalue weighted by Crippen LogP contribution is 2.15. The molecule has 0 aromatic heterocycles. The molecule has 0 bridgehead atoms. The Kier molecular flexibility index (Phi) is 23.9. The van der Waals surface area contributed by atoms with Crippen LogP contribution in [-0.4, -0.2) is 35.6 Å². The number of nitrogens with one attached hydrogen (secondary N) is 1. The molecule has 0 aromatic rings. The molecule has 0 aromatic carbocycles. The molecular formula is C29H53NO5. The minimum atomic E-state index is -1.03. The highest BCUT2D eigenvalue weighted by atomic mass is 16.5. The quantitative estimate of drug-likeness (QED) is 0.0777. The van der Waals surface area contributed by atoms with Gasteiger partial charge in [-0.1, -0.05) is 97.0 Å². The van der Waals surface area contributed by atoms with Crippen LogP contribution in [0.5, 0.6) is 0 Å². The first-order valence-corrected chi connectivity index (χ1v) is 14.3. The van der Waals surface area contributed by atoms with Gasteiger partial charge < -0.3 is 15.2 Å². The molecule has 1 atom stereocenters. The molecule has 0 radical (unpaired) electrons. The van der Waals surface area contributed by atoms with Crippen LogP contribution in [0.2, 0.25) is 0 Å². The Hall–Kier alpha value is -1.85. The minimum absolute atomic E-state index is 0.0914. The molecule has 1 unspecified atom stereocenters. The van der Waals surface area contributed by atoms with Gasteiger partial charge in [0, 0.05) is 12.8 Å². The zero-order valence-electron chi connectivity index (χ0n) is 22.7. The van der Waals surface area contributed by atoms with Crippen molar-refractivity contribution in [3.05, 3.63) is 12.2 Å². The third kappa shape index (κ3) is 25.1. The number of rotatable bonds is 25. The topological polar surface area (TPSA) is 92.7 Å². The van der Waals surface area contributed by atoms with Crippen LogP contribution >= 0.6 is 0 Å². The highest BCUT2D eigenvalue weighted by molar-refractivity contribution is 5.80. The largest absolute Gasteiger partial charge is 0.480 e. The average molecular weight is 496 g/mol. The molecule has 0 fully saturated rings. The van der Waals surface area contributed by atoms with Gasteiger partial charge in [-0.25, -0.2) is 0 Å². The van der Waals surface area contributed by atoms with Gasteiger partial charge in [-0.3, -0.25) is 14.4 Å². The Morgan fingerprint density at radius 2 is 1.29 bits per heavy atom. The minimum Gasteiger partial charge on any atom is -0.480 e. The normalized spacial score (nSPS) is 12.1. The van der Waals surface area contributed by atoms with Crippen LogP contribution in [0, 0.1) is 0 Å². The summed E-state index contributed by atoms with van der Waals surface area (Å²) in [7, 11) is 0. The number of esters is 1. The van der Waals surface area contributed by atoms with Crippen LogP contribution < -0.4 is 5.32 Å². The molecule has 2 N–H and O–H groups in total. The fourth-order valence-corrected chi connectivity index (χ4v) is 4.01. The number of carbonyl (C=O) groups excluding carboxylic acids is 2. The summed E-state index contributed by atoms with van der Waals surface area (Å²) >= 11 is 0. The SMILES string of the molecule is CCCCC/C=C\C(CCCCCCC(=O)NCC(=O)O)OC(=O)CCCCCCCCCCC.